The molecular weight excluding hydrogens is 108 g/mol. The third-order valence-electron chi connectivity index (χ3n) is 0.781. The molecule has 1 aliphatic heterocycles. The highest BCUT2D eigenvalue weighted by atomic mass is 32.2. The number of hydrogen-bond acceptors (Lipinski definition) is 3. The average Bonchev–Trinajstić information content (AvgIpc) is 2.14. The first-order valence-electron chi connectivity index (χ1n) is 2.04. The quantitative estimate of drug-likeness (QED) is 0.466. The predicted molar refractivity (Wildman–Crippen MR) is 29.0 cm³/mol. The second-order valence-corrected chi connectivity index (χ2v) is 2.19. The average molecular weight is 113 g/mol. The maximum atomic E-state index is 8.23. The van der Waals surface area contributed by atoms with E-state index >= 15 is 0 Å². The zero-order valence-corrected chi connectivity index (χ0v) is 4.53. The molecule has 7 heavy (non-hydrogen) atoms. The van der Waals surface area contributed by atoms with Crippen LogP contribution in [-0.2, 0) is 0 Å². The molecule has 0 amide bonds. The van der Waals surface area contributed by atoms with Gasteiger partial charge in [-0.25, -0.2) is 0 Å². The van der Waals surface area contributed by atoms with E-state index in [1.807, 2.05) is 6.54 Å². The van der Waals surface area contributed by atoms with Crippen LogP contribution in [0.2, 0.25) is 0 Å². The van der Waals surface area contributed by atoms with E-state index in [0.717, 1.165) is 5.75 Å². The summed E-state index contributed by atoms with van der Waals surface area (Å²) in [6.45, 7) is 1.81. The van der Waals surface area contributed by atoms with Gasteiger partial charge in [0.1, 0.15) is 0 Å². The second kappa shape index (κ2) is 2.20. The van der Waals surface area contributed by atoms with Gasteiger partial charge >= 0.3 is 0 Å². The zero-order chi connectivity index (χ0) is 5.11. The minimum atomic E-state index is 0.130. The third kappa shape index (κ3) is 1.08. The molecule has 0 aliphatic carbocycles. The lowest BCUT2D eigenvalue weighted by atomic mass is 10.2. The molecule has 1 atom stereocenters. The molecule has 0 aromatic rings. The van der Waals surface area contributed by atoms with E-state index < -0.39 is 0 Å². The summed E-state index contributed by atoms with van der Waals surface area (Å²) in [6.07, 6.45) is 0. The van der Waals surface area contributed by atoms with Crippen LogP contribution < -0.4 is 4.72 Å². The predicted octanol–water partition coefficient (Wildman–Crippen LogP) is 0.539. The molecule has 1 fully saturated rings. The molecule has 1 rings (SSSR count). The van der Waals surface area contributed by atoms with E-state index in [1.165, 1.54) is 0 Å². The summed E-state index contributed by atoms with van der Waals surface area (Å²) in [5.41, 5.74) is 0. The van der Waals surface area contributed by atoms with Crippen LogP contribution in [0.25, 0.3) is 0 Å². The summed E-state index contributed by atoms with van der Waals surface area (Å²) in [5.74, 6) is 1.03. The topological polar surface area (TPSA) is 35.8 Å². The molecular formula is C4H5N2S. The van der Waals surface area contributed by atoms with Crippen LogP contribution in [0.4, 0.5) is 0 Å². The molecule has 1 saturated heterocycles. The lowest BCUT2D eigenvalue weighted by molar-refractivity contribution is 0.884. The van der Waals surface area contributed by atoms with Gasteiger partial charge in [0.25, 0.3) is 0 Å². The SMILES string of the molecule is N#CC1[CH]NSC1. The Bertz CT molecular complexity index is 90.4. The molecule has 37 valence electrons. The van der Waals surface area contributed by atoms with Crippen molar-refractivity contribution < 1.29 is 0 Å². The standard InChI is InChI=1S/C4H5N2S/c5-1-4-2-6-7-3-4/h2,4,6H,3H2. The first-order chi connectivity index (χ1) is 3.43. The number of nitrogens with zero attached hydrogens (tertiary/aromatic N) is 1. The summed E-state index contributed by atoms with van der Waals surface area (Å²) in [5, 5.41) is 8.23. The highest BCUT2D eigenvalue weighted by molar-refractivity contribution is 7.97. The number of nitriles is 1. The van der Waals surface area contributed by atoms with Crippen LogP contribution in [0.1, 0.15) is 0 Å². The van der Waals surface area contributed by atoms with Crippen molar-refractivity contribution in [2.45, 2.75) is 0 Å². The molecule has 0 aromatic heterocycles. The lowest BCUT2D eigenvalue weighted by Gasteiger charge is -1.84. The van der Waals surface area contributed by atoms with E-state index in [9.17, 15) is 0 Å². The van der Waals surface area contributed by atoms with Crippen LogP contribution in [0.15, 0.2) is 0 Å². The molecule has 1 N–H and O–H groups in total. The van der Waals surface area contributed by atoms with Crippen molar-refractivity contribution in [1.82, 2.24) is 4.72 Å². The molecule has 1 radical (unpaired) electrons. The minimum absolute atomic E-state index is 0.130. The smallest absolute Gasteiger partial charge is 0.0744 e. The van der Waals surface area contributed by atoms with Gasteiger partial charge in [-0.15, -0.1) is 0 Å². The largest absolute Gasteiger partial charge is 0.258 e. The normalized spacial score (nSPS) is 29.9. The van der Waals surface area contributed by atoms with Crippen molar-refractivity contribution in [1.29, 1.82) is 5.26 Å². The zero-order valence-electron chi connectivity index (χ0n) is 3.72. The highest BCUT2D eigenvalue weighted by Crippen LogP contribution is 2.14. The molecule has 0 aromatic carbocycles. The van der Waals surface area contributed by atoms with E-state index in [1.54, 1.807) is 11.9 Å². The molecule has 1 heterocycles. The van der Waals surface area contributed by atoms with Gasteiger partial charge in [0, 0.05) is 5.75 Å². The Morgan fingerprint density at radius 2 is 2.86 bits per heavy atom. The van der Waals surface area contributed by atoms with Gasteiger partial charge in [0.15, 0.2) is 0 Å². The summed E-state index contributed by atoms with van der Waals surface area (Å²) < 4.78 is 2.89. The van der Waals surface area contributed by atoms with Crippen LogP contribution in [0, 0.1) is 23.8 Å². The van der Waals surface area contributed by atoms with Crippen LogP contribution in [0.3, 0.4) is 0 Å². The van der Waals surface area contributed by atoms with Crippen LogP contribution in [0.5, 0.6) is 0 Å². The van der Waals surface area contributed by atoms with Crippen molar-refractivity contribution >= 4 is 11.9 Å². The summed E-state index contributed by atoms with van der Waals surface area (Å²) in [6, 6.07) is 2.12. The van der Waals surface area contributed by atoms with Crippen molar-refractivity contribution in [2.24, 2.45) is 5.92 Å². The van der Waals surface area contributed by atoms with Gasteiger partial charge in [-0.2, -0.15) is 5.26 Å². The summed E-state index contributed by atoms with van der Waals surface area (Å²) in [4.78, 5) is 0. The monoisotopic (exact) mass is 113 g/mol. The Balaban J connectivity index is 2.31. The Morgan fingerprint density at radius 1 is 2.00 bits per heavy atom. The van der Waals surface area contributed by atoms with Crippen molar-refractivity contribution in [3.8, 4) is 6.07 Å². The van der Waals surface area contributed by atoms with Crippen molar-refractivity contribution in [3.63, 3.8) is 0 Å². The molecule has 1 unspecified atom stereocenters. The van der Waals surface area contributed by atoms with Gasteiger partial charge in [0.2, 0.25) is 0 Å². The maximum Gasteiger partial charge on any atom is 0.0744 e. The summed E-state index contributed by atoms with van der Waals surface area (Å²) >= 11 is 1.58. The van der Waals surface area contributed by atoms with E-state index in [0.29, 0.717) is 0 Å². The fraction of sp³-hybridized carbons (Fsp3) is 0.500. The van der Waals surface area contributed by atoms with E-state index in [-0.39, 0.29) is 5.92 Å². The Labute approximate surface area is 47.0 Å². The number of rotatable bonds is 0. The van der Waals surface area contributed by atoms with Gasteiger partial charge in [-0.1, -0.05) is 11.9 Å². The molecule has 1 aliphatic rings. The van der Waals surface area contributed by atoms with Crippen molar-refractivity contribution in [2.75, 3.05) is 5.75 Å². The van der Waals surface area contributed by atoms with Gasteiger partial charge in [0.05, 0.1) is 18.5 Å². The molecule has 3 heteroatoms. The minimum Gasteiger partial charge on any atom is -0.258 e. The molecule has 0 bridgehead atoms. The van der Waals surface area contributed by atoms with Crippen molar-refractivity contribution in [3.05, 3.63) is 6.54 Å². The third-order valence-corrected chi connectivity index (χ3v) is 1.61. The second-order valence-electron chi connectivity index (χ2n) is 1.33. The van der Waals surface area contributed by atoms with Gasteiger partial charge in [-0.3, -0.25) is 4.72 Å². The maximum absolute atomic E-state index is 8.23. The first kappa shape index (κ1) is 4.95. The molecule has 0 saturated carbocycles. The Morgan fingerprint density at radius 3 is 3.14 bits per heavy atom. The highest BCUT2D eigenvalue weighted by Gasteiger charge is 2.13. The Kier molecular flexibility index (Phi) is 1.55. The number of nitrogens with one attached hydrogen (secondary N) is 1. The fourth-order valence-corrected chi connectivity index (χ4v) is 1.10. The summed E-state index contributed by atoms with van der Waals surface area (Å²) in [7, 11) is 0. The van der Waals surface area contributed by atoms with Crippen LogP contribution in [-0.4, -0.2) is 5.75 Å². The van der Waals surface area contributed by atoms with Crippen LogP contribution >= 0.6 is 11.9 Å². The van der Waals surface area contributed by atoms with E-state index in [2.05, 4.69) is 10.8 Å². The first-order valence-corrected chi connectivity index (χ1v) is 3.02. The lowest BCUT2D eigenvalue weighted by Crippen LogP contribution is -1.95. The Hall–Kier alpha value is -0.200. The number of hydrogen-bond donors (Lipinski definition) is 1. The molecule has 0 spiro atoms. The van der Waals surface area contributed by atoms with Gasteiger partial charge < -0.3 is 0 Å². The molecule has 2 nitrogen and oxygen atoms in total. The van der Waals surface area contributed by atoms with Gasteiger partial charge in [-0.05, 0) is 0 Å². The fourth-order valence-electron chi connectivity index (χ4n) is 0.391. The van der Waals surface area contributed by atoms with E-state index in [4.69, 9.17) is 5.26 Å².